The molecule has 0 saturated heterocycles. The molecular formula is C43H87NO5. The van der Waals surface area contributed by atoms with Crippen LogP contribution in [0.25, 0.3) is 0 Å². The highest BCUT2D eigenvalue weighted by Gasteiger charge is 2.15. The van der Waals surface area contributed by atoms with Crippen LogP contribution in [-0.2, 0) is 19.0 Å². The first-order chi connectivity index (χ1) is 24.2. The molecule has 0 aliphatic heterocycles. The van der Waals surface area contributed by atoms with Crippen LogP contribution in [0.15, 0.2) is 0 Å². The van der Waals surface area contributed by atoms with Crippen molar-refractivity contribution in [2.45, 2.75) is 219 Å². The molecule has 1 atom stereocenters. The second-order valence-corrected chi connectivity index (χ2v) is 14.8. The number of rotatable bonds is 42. The van der Waals surface area contributed by atoms with E-state index in [4.69, 9.17) is 14.2 Å². The number of aliphatic hydroxyl groups excluding tert-OH is 1. The molecule has 0 aromatic rings. The molecule has 6 nitrogen and oxygen atoms in total. The second-order valence-electron chi connectivity index (χ2n) is 14.8. The molecule has 0 aliphatic carbocycles. The molecular weight excluding hydrogens is 610 g/mol. The summed E-state index contributed by atoms with van der Waals surface area (Å²) in [6.45, 7) is 12.0. The van der Waals surface area contributed by atoms with E-state index < -0.39 is 0 Å². The molecule has 1 unspecified atom stereocenters. The number of carbonyl (C=O) groups is 1. The monoisotopic (exact) mass is 698 g/mol. The van der Waals surface area contributed by atoms with Crippen molar-refractivity contribution in [3.63, 3.8) is 0 Å². The van der Waals surface area contributed by atoms with Gasteiger partial charge in [0.05, 0.1) is 25.9 Å². The summed E-state index contributed by atoms with van der Waals surface area (Å²) in [6.07, 6.45) is 37.4. The number of carbonyl (C=O) groups excluding carboxylic acids is 1. The second kappa shape index (κ2) is 41.7. The third-order valence-electron chi connectivity index (χ3n) is 9.79. The molecule has 0 aromatic carbocycles. The van der Waals surface area contributed by atoms with E-state index in [2.05, 4.69) is 25.7 Å². The Balaban J connectivity index is 4.11. The van der Waals surface area contributed by atoms with Crippen molar-refractivity contribution in [2.75, 3.05) is 52.7 Å². The standard InChI is InChI=1S/C43H87NO5/c1-4-7-10-13-15-17-18-19-20-21-22-23-25-30-37-47-41-42(48-38-31-12-9-6-3)40-44(35-36-45)34-29-27-28-33-43(46)49-39-32-26-24-16-14-11-8-5-2/h42,45H,4-41H2,1-3H3. The molecule has 0 heterocycles. The molecule has 0 fully saturated rings. The molecule has 0 aromatic heterocycles. The van der Waals surface area contributed by atoms with Crippen LogP contribution in [-0.4, -0.2) is 74.7 Å². The van der Waals surface area contributed by atoms with Gasteiger partial charge >= 0.3 is 5.97 Å². The van der Waals surface area contributed by atoms with Crippen molar-refractivity contribution in [3.05, 3.63) is 0 Å². The van der Waals surface area contributed by atoms with E-state index in [0.29, 0.717) is 26.2 Å². The Bertz CT molecular complexity index is 633. The van der Waals surface area contributed by atoms with Gasteiger partial charge in [0.2, 0.25) is 0 Å². The summed E-state index contributed by atoms with van der Waals surface area (Å²) in [7, 11) is 0. The van der Waals surface area contributed by atoms with Crippen molar-refractivity contribution in [3.8, 4) is 0 Å². The number of aliphatic hydroxyl groups is 1. The van der Waals surface area contributed by atoms with Crippen LogP contribution in [0.3, 0.4) is 0 Å². The van der Waals surface area contributed by atoms with Gasteiger partial charge in [-0.15, -0.1) is 0 Å². The average molecular weight is 698 g/mol. The normalized spacial score (nSPS) is 12.3. The molecule has 0 bridgehead atoms. The molecule has 0 radical (unpaired) electrons. The van der Waals surface area contributed by atoms with E-state index >= 15 is 0 Å². The van der Waals surface area contributed by atoms with Gasteiger partial charge in [0.15, 0.2) is 0 Å². The van der Waals surface area contributed by atoms with Crippen LogP contribution in [0.2, 0.25) is 0 Å². The van der Waals surface area contributed by atoms with Crippen LogP contribution >= 0.6 is 0 Å². The number of esters is 1. The highest BCUT2D eigenvalue weighted by atomic mass is 16.5. The van der Waals surface area contributed by atoms with Gasteiger partial charge in [0.25, 0.3) is 0 Å². The Hall–Kier alpha value is -0.690. The van der Waals surface area contributed by atoms with Gasteiger partial charge in [0, 0.05) is 32.7 Å². The largest absolute Gasteiger partial charge is 0.466 e. The Labute approximate surface area is 306 Å². The highest BCUT2D eigenvalue weighted by molar-refractivity contribution is 5.69. The van der Waals surface area contributed by atoms with E-state index in [1.807, 2.05) is 0 Å². The Morgan fingerprint density at radius 3 is 1.45 bits per heavy atom. The van der Waals surface area contributed by atoms with E-state index in [9.17, 15) is 9.90 Å². The molecule has 0 saturated carbocycles. The SMILES string of the molecule is CCCCCCCCCCCCCCCCOCC(CN(CCO)CCCCCC(=O)OCCCCCCCCCC)OCCCCCC. The lowest BCUT2D eigenvalue weighted by atomic mass is 10.0. The summed E-state index contributed by atoms with van der Waals surface area (Å²) in [4.78, 5) is 14.5. The summed E-state index contributed by atoms with van der Waals surface area (Å²) in [5, 5.41) is 9.73. The molecule has 0 rings (SSSR count). The lowest BCUT2D eigenvalue weighted by molar-refractivity contribution is -0.143. The van der Waals surface area contributed by atoms with Crippen molar-refractivity contribution in [1.29, 1.82) is 0 Å². The fourth-order valence-electron chi connectivity index (χ4n) is 6.55. The van der Waals surface area contributed by atoms with Crippen LogP contribution < -0.4 is 0 Å². The van der Waals surface area contributed by atoms with Gasteiger partial charge in [-0.2, -0.15) is 0 Å². The summed E-state index contributed by atoms with van der Waals surface area (Å²) >= 11 is 0. The fraction of sp³-hybridized carbons (Fsp3) is 0.977. The van der Waals surface area contributed by atoms with E-state index in [1.54, 1.807) is 0 Å². The molecule has 6 heteroatoms. The summed E-state index contributed by atoms with van der Waals surface area (Å²) in [5.74, 6) is -0.0531. The number of hydrogen-bond donors (Lipinski definition) is 1. The number of hydrogen-bond acceptors (Lipinski definition) is 6. The molecule has 294 valence electrons. The minimum Gasteiger partial charge on any atom is -0.466 e. The predicted octanol–water partition coefficient (Wildman–Crippen LogP) is 12.0. The van der Waals surface area contributed by atoms with Gasteiger partial charge in [-0.25, -0.2) is 0 Å². The van der Waals surface area contributed by atoms with Crippen molar-refractivity contribution >= 4 is 5.97 Å². The van der Waals surface area contributed by atoms with Crippen molar-refractivity contribution < 1.29 is 24.1 Å². The predicted molar refractivity (Wildman–Crippen MR) is 211 cm³/mol. The van der Waals surface area contributed by atoms with Crippen LogP contribution in [0.5, 0.6) is 0 Å². The zero-order chi connectivity index (χ0) is 35.7. The summed E-state index contributed by atoms with van der Waals surface area (Å²) in [5.41, 5.74) is 0. The van der Waals surface area contributed by atoms with E-state index in [0.717, 1.165) is 71.2 Å². The minimum atomic E-state index is -0.0531. The Kier molecular flexibility index (Phi) is 41.1. The Morgan fingerprint density at radius 2 is 0.939 bits per heavy atom. The first kappa shape index (κ1) is 48.3. The molecule has 1 N–H and O–H groups in total. The van der Waals surface area contributed by atoms with E-state index in [1.165, 1.54) is 141 Å². The quantitative estimate of drug-likeness (QED) is 0.0506. The van der Waals surface area contributed by atoms with Crippen LogP contribution in [0.1, 0.15) is 213 Å². The highest BCUT2D eigenvalue weighted by Crippen LogP contribution is 2.14. The maximum atomic E-state index is 12.2. The zero-order valence-corrected chi connectivity index (χ0v) is 33.5. The molecule has 0 spiro atoms. The summed E-state index contributed by atoms with van der Waals surface area (Å²) < 4.78 is 17.9. The fourth-order valence-corrected chi connectivity index (χ4v) is 6.55. The first-order valence-corrected chi connectivity index (χ1v) is 21.9. The molecule has 0 amide bonds. The third kappa shape index (κ3) is 38.4. The lowest BCUT2D eigenvalue weighted by Gasteiger charge is -2.27. The van der Waals surface area contributed by atoms with E-state index in [-0.39, 0.29) is 18.7 Å². The molecule has 0 aliphatic rings. The van der Waals surface area contributed by atoms with Crippen molar-refractivity contribution in [2.24, 2.45) is 0 Å². The lowest BCUT2D eigenvalue weighted by Crippen LogP contribution is -2.39. The molecule has 49 heavy (non-hydrogen) atoms. The average Bonchev–Trinajstić information content (AvgIpc) is 3.10. The zero-order valence-electron chi connectivity index (χ0n) is 33.5. The topological polar surface area (TPSA) is 68.2 Å². The van der Waals surface area contributed by atoms with Gasteiger partial charge < -0.3 is 19.3 Å². The smallest absolute Gasteiger partial charge is 0.305 e. The minimum absolute atomic E-state index is 0.0335. The number of ether oxygens (including phenoxy) is 3. The summed E-state index contributed by atoms with van der Waals surface area (Å²) in [6, 6.07) is 0. The van der Waals surface area contributed by atoms with Gasteiger partial charge in [-0.05, 0) is 38.6 Å². The third-order valence-corrected chi connectivity index (χ3v) is 9.79. The maximum Gasteiger partial charge on any atom is 0.305 e. The number of nitrogens with zero attached hydrogens (tertiary/aromatic N) is 1. The maximum absolute atomic E-state index is 12.2. The number of unbranched alkanes of at least 4 members (excludes halogenated alkanes) is 25. The van der Waals surface area contributed by atoms with Gasteiger partial charge in [-0.3, -0.25) is 9.69 Å². The Morgan fingerprint density at radius 1 is 0.510 bits per heavy atom. The van der Waals surface area contributed by atoms with Crippen LogP contribution in [0, 0.1) is 0 Å². The van der Waals surface area contributed by atoms with Crippen LogP contribution in [0.4, 0.5) is 0 Å². The first-order valence-electron chi connectivity index (χ1n) is 21.9. The van der Waals surface area contributed by atoms with Gasteiger partial charge in [-0.1, -0.05) is 175 Å². The van der Waals surface area contributed by atoms with Gasteiger partial charge in [0.1, 0.15) is 0 Å². The van der Waals surface area contributed by atoms with Crippen molar-refractivity contribution in [1.82, 2.24) is 4.90 Å².